The summed E-state index contributed by atoms with van der Waals surface area (Å²) in [6.07, 6.45) is -1.78. The highest BCUT2D eigenvalue weighted by atomic mass is 19.4. The van der Waals surface area contributed by atoms with Gasteiger partial charge in [0.15, 0.2) is 11.6 Å². The van der Waals surface area contributed by atoms with Gasteiger partial charge in [-0.25, -0.2) is 9.37 Å². The number of aryl methyl sites for hydroxylation is 1. The molecule has 4 rings (SSSR count). The number of rotatable bonds is 8. The number of alkyl halides is 3. The molecule has 0 saturated carbocycles. The van der Waals surface area contributed by atoms with Crippen LogP contribution in [0.15, 0.2) is 58.9 Å². The van der Waals surface area contributed by atoms with E-state index >= 15 is 0 Å². The van der Waals surface area contributed by atoms with Crippen LogP contribution in [0.1, 0.15) is 37.0 Å². The van der Waals surface area contributed by atoms with Crippen molar-refractivity contribution in [2.24, 2.45) is 10.2 Å². The molecule has 1 aliphatic rings. The predicted molar refractivity (Wildman–Crippen MR) is 133 cm³/mol. The second kappa shape index (κ2) is 11.6. The van der Waals surface area contributed by atoms with Gasteiger partial charge in [0.2, 0.25) is 0 Å². The molecule has 1 saturated heterocycles. The Morgan fingerprint density at radius 3 is 2.68 bits per heavy atom. The summed E-state index contributed by atoms with van der Waals surface area (Å²) in [5.41, 5.74) is 2.17. The van der Waals surface area contributed by atoms with E-state index in [1.807, 2.05) is 30.9 Å². The Morgan fingerprint density at radius 1 is 1.11 bits per heavy atom. The van der Waals surface area contributed by atoms with Crippen LogP contribution in [0.3, 0.4) is 0 Å². The number of nitrogens with zero attached hydrogens (tertiary/aromatic N) is 5. The molecular formula is C26H28F4N6O. The zero-order chi connectivity index (χ0) is 26.4. The molecule has 2 aromatic carbocycles. The molecule has 1 N–H and O–H groups in total. The lowest BCUT2D eigenvalue weighted by Gasteiger charge is -2.33. The van der Waals surface area contributed by atoms with Crippen LogP contribution in [-0.2, 0) is 23.9 Å². The average molecular weight is 517 g/mol. The lowest BCUT2D eigenvalue weighted by molar-refractivity contribution is -0.137. The molecule has 1 fully saturated rings. The Labute approximate surface area is 212 Å². The molecule has 2 heterocycles. The van der Waals surface area contributed by atoms with E-state index in [9.17, 15) is 17.6 Å². The van der Waals surface area contributed by atoms with Crippen molar-refractivity contribution in [3.63, 3.8) is 0 Å². The Morgan fingerprint density at radius 2 is 1.92 bits per heavy atom. The third-order valence-corrected chi connectivity index (χ3v) is 6.07. The van der Waals surface area contributed by atoms with Gasteiger partial charge >= 0.3 is 6.18 Å². The van der Waals surface area contributed by atoms with Crippen LogP contribution in [0.2, 0.25) is 0 Å². The first-order valence-corrected chi connectivity index (χ1v) is 12.1. The Balaban J connectivity index is 1.44. The molecule has 0 amide bonds. The van der Waals surface area contributed by atoms with Crippen molar-refractivity contribution in [3.8, 4) is 0 Å². The van der Waals surface area contributed by atoms with E-state index in [1.165, 1.54) is 6.07 Å². The Kier molecular flexibility index (Phi) is 8.32. The number of azo groups is 1. The molecular weight excluding hydrogens is 488 g/mol. The number of morpholine rings is 1. The summed E-state index contributed by atoms with van der Waals surface area (Å²) in [6.45, 7) is 5.81. The van der Waals surface area contributed by atoms with Gasteiger partial charge in [0.25, 0.3) is 5.95 Å². The topological polar surface area (TPSA) is 75.0 Å². The number of benzene rings is 2. The molecule has 37 heavy (non-hydrogen) atoms. The van der Waals surface area contributed by atoms with Gasteiger partial charge in [-0.1, -0.05) is 26.0 Å². The standard InChI is InChI=1S/C26H28F4N6O/c1-3-17-12-21(33-20-7-5-6-19(13-20)26(28,29)30)9-8-18(17)14-32-35-25-31-15-23(27)24(34-25)36-10-11-37-22(4-2)16-36/h5-9,12-13,15,22,33H,3-4,10-11,14,16H2,1-2H3. The molecule has 0 aliphatic carbocycles. The smallest absolute Gasteiger partial charge is 0.375 e. The average Bonchev–Trinajstić information content (AvgIpc) is 2.90. The number of anilines is 3. The van der Waals surface area contributed by atoms with Gasteiger partial charge in [-0.15, -0.1) is 5.11 Å². The Hall–Kier alpha value is -3.60. The van der Waals surface area contributed by atoms with Crippen molar-refractivity contribution in [1.29, 1.82) is 0 Å². The van der Waals surface area contributed by atoms with E-state index in [0.717, 1.165) is 35.9 Å². The van der Waals surface area contributed by atoms with Crippen LogP contribution in [0.4, 0.5) is 40.7 Å². The molecule has 1 aliphatic heterocycles. The highest BCUT2D eigenvalue weighted by Crippen LogP contribution is 2.32. The highest BCUT2D eigenvalue weighted by molar-refractivity contribution is 5.62. The van der Waals surface area contributed by atoms with Gasteiger partial charge in [0.05, 0.1) is 31.0 Å². The zero-order valence-corrected chi connectivity index (χ0v) is 20.6. The van der Waals surface area contributed by atoms with Crippen molar-refractivity contribution in [3.05, 3.63) is 71.2 Å². The SMILES string of the molecule is CCc1cc(Nc2cccc(C(F)(F)F)c2)ccc1CN=Nc1ncc(F)c(N2CCOC(CC)C2)n1. The normalized spacial score (nSPS) is 16.4. The molecule has 196 valence electrons. The monoisotopic (exact) mass is 516 g/mol. The fourth-order valence-corrected chi connectivity index (χ4v) is 4.08. The first kappa shape index (κ1) is 26.5. The van der Waals surface area contributed by atoms with Crippen molar-refractivity contribution in [2.75, 3.05) is 29.9 Å². The van der Waals surface area contributed by atoms with E-state index in [4.69, 9.17) is 4.74 Å². The van der Waals surface area contributed by atoms with E-state index in [0.29, 0.717) is 37.5 Å². The largest absolute Gasteiger partial charge is 0.416 e. The van der Waals surface area contributed by atoms with E-state index < -0.39 is 17.6 Å². The summed E-state index contributed by atoms with van der Waals surface area (Å²) in [4.78, 5) is 10.0. The minimum atomic E-state index is -4.41. The molecule has 0 bridgehead atoms. The summed E-state index contributed by atoms with van der Waals surface area (Å²) >= 11 is 0. The molecule has 0 spiro atoms. The van der Waals surface area contributed by atoms with E-state index in [-0.39, 0.29) is 24.4 Å². The second-order valence-corrected chi connectivity index (χ2v) is 8.63. The van der Waals surface area contributed by atoms with Crippen LogP contribution in [0, 0.1) is 5.82 Å². The summed E-state index contributed by atoms with van der Waals surface area (Å²) in [7, 11) is 0. The maximum absolute atomic E-state index is 14.4. The van der Waals surface area contributed by atoms with Crippen LogP contribution in [0.5, 0.6) is 0 Å². The first-order chi connectivity index (χ1) is 17.8. The summed E-state index contributed by atoms with van der Waals surface area (Å²) in [5, 5.41) is 11.3. The van der Waals surface area contributed by atoms with Gasteiger partial charge in [0, 0.05) is 24.5 Å². The first-order valence-electron chi connectivity index (χ1n) is 12.1. The summed E-state index contributed by atoms with van der Waals surface area (Å²) in [5.74, 6) is -0.269. The van der Waals surface area contributed by atoms with Crippen molar-refractivity contribution in [1.82, 2.24) is 9.97 Å². The van der Waals surface area contributed by atoms with Gasteiger partial charge in [-0.2, -0.15) is 23.3 Å². The molecule has 1 unspecified atom stereocenters. The summed E-state index contributed by atoms with van der Waals surface area (Å²) in [6, 6.07) is 10.6. The fourth-order valence-electron chi connectivity index (χ4n) is 4.08. The minimum Gasteiger partial charge on any atom is -0.375 e. The third-order valence-electron chi connectivity index (χ3n) is 6.07. The molecule has 1 atom stereocenters. The predicted octanol–water partition coefficient (Wildman–Crippen LogP) is 6.84. The molecule has 7 nitrogen and oxygen atoms in total. The fraction of sp³-hybridized carbons (Fsp3) is 0.385. The number of halogens is 4. The maximum Gasteiger partial charge on any atom is 0.416 e. The van der Waals surface area contributed by atoms with Gasteiger partial charge in [0.1, 0.15) is 0 Å². The lowest BCUT2D eigenvalue weighted by atomic mass is 10.0. The number of aromatic nitrogens is 2. The quantitative estimate of drug-likeness (QED) is 0.262. The number of hydrogen-bond acceptors (Lipinski definition) is 7. The molecule has 11 heteroatoms. The highest BCUT2D eigenvalue weighted by Gasteiger charge is 2.30. The molecule has 0 radical (unpaired) electrons. The van der Waals surface area contributed by atoms with E-state index in [2.05, 4.69) is 25.5 Å². The van der Waals surface area contributed by atoms with Crippen molar-refractivity contribution < 1.29 is 22.3 Å². The third kappa shape index (κ3) is 6.79. The van der Waals surface area contributed by atoms with Crippen LogP contribution >= 0.6 is 0 Å². The number of nitrogens with one attached hydrogen (secondary N) is 1. The van der Waals surface area contributed by atoms with Crippen molar-refractivity contribution in [2.45, 2.75) is 45.5 Å². The summed E-state index contributed by atoms with van der Waals surface area (Å²) < 4.78 is 59.1. The van der Waals surface area contributed by atoms with Crippen LogP contribution in [-0.4, -0.2) is 35.8 Å². The Bertz CT molecular complexity index is 1250. The maximum atomic E-state index is 14.4. The van der Waals surface area contributed by atoms with Gasteiger partial charge < -0.3 is 15.0 Å². The zero-order valence-electron chi connectivity index (χ0n) is 20.6. The lowest BCUT2D eigenvalue weighted by Crippen LogP contribution is -2.43. The van der Waals surface area contributed by atoms with Crippen LogP contribution in [0.25, 0.3) is 0 Å². The van der Waals surface area contributed by atoms with Crippen LogP contribution < -0.4 is 10.2 Å². The van der Waals surface area contributed by atoms with Gasteiger partial charge in [-0.3, -0.25) is 0 Å². The number of ether oxygens (including phenoxy) is 1. The number of hydrogen-bond donors (Lipinski definition) is 1. The second-order valence-electron chi connectivity index (χ2n) is 8.63. The van der Waals surface area contributed by atoms with E-state index in [1.54, 1.807) is 12.1 Å². The van der Waals surface area contributed by atoms with Gasteiger partial charge in [-0.05, 0) is 54.3 Å². The molecule has 1 aromatic heterocycles. The van der Waals surface area contributed by atoms with Crippen molar-refractivity contribution >= 4 is 23.1 Å². The minimum absolute atomic E-state index is 0.0201. The molecule has 3 aromatic rings.